The molecule has 0 aromatic carbocycles. The predicted octanol–water partition coefficient (Wildman–Crippen LogP) is 1.53. The molecular weight excluding hydrogens is 188 g/mol. The van der Waals surface area contributed by atoms with Crippen molar-refractivity contribution in [3.05, 3.63) is 0 Å². The summed E-state index contributed by atoms with van der Waals surface area (Å²) in [6, 6.07) is 0.515. The van der Waals surface area contributed by atoms with Crippen LogP contribution in [0.4, 0.5) is 0 Å². The summed E-state index contributed by atoms with van der Waals surface area (Å²) in [7, 11) is 0. The fourth-order valence-corrected chi connectivity index (χ4v) is 3.20. The van der Waals surface area contributed by atoms with Gasteiger partial charge in [-0.05, 0) is 32.7 Å². The fraction of sp³-hybridized carbons (Fsp3) is 0.917. The molecule has 0 aliphatic carbocycles. The van der Waals surface area contributed by atoms with Crippen LogP contribution in [0.3, 0.4) is 0 Å². The van der Waals surface area contributed by atoms with E-state index in [2.05, 4.69) is 17.1 Å². The first-order valence-electron chi connectivity index (χ1n) is 6.16. The number of carbonyl (C=O) groups excluding carboxylic acids is 1. The van der Waals surface area contributed by atoms with Gasteiger partial charge in [-0.15, -0.1) is 0 Å². The zero-order chi connectivity index (χ0) is 10.9. The minimum Gasteiger partial charge on any atom is -0.336 e. The Balaban J connectivity index is 2.21. The van der Waals surface area contributed by atoms with Crippen LogP contribution in [-0.4, -0.2) is 35.5 Å². The van der Waals surface area contributed by atoms with E-state index in [1.54, 1.807) is 6.92 Å². The lowest BCUT2D eigenvalue weighted by Gasteiger charge is -2.43. The van der Waals surface area contributed by atoms with E-state index in [1.807, 2.05) is 0 Å². The largest absolute Gasteiger partial charge is 0.336 e. The monoisotopic (exact) mass is 210 g/mol. The van der Waals surface area contributed by atoms with Gasteiger partial charge in [0.05, 0.1) is 5.54 Å². The summed E-state index contributed by atoms with van der Waals surface area (Å²) in [5.74, 6) is 0.244. The fourth-order valence-electron chi connectivity index (χ4n) is 3.20. The standard InChI is InChI=1S/C12H22N2O/c1-10(15)14-9-5-3-4-6-11-12(14,2)7-8-13-11/h11,13H,3-9H2,1-2H3/t11-,12-/m0/s1. The maximum atomic E-state index is 11.7. The van der Waals surface area contributed by atoms with Gasteiger partial charge in [0.15, 0.2) is 0 Å². The Morgan fingerprint density at radius 2 is 2.20 bits per heavy atom. The molecule has 0 saturated carbocycles. The van der Waals surface area contributed by atoms with Crippen molar-refractivity contribution in [3.63, 3.8) is 0 Å². The molecule has 1 N–H and O–H groups in total. The van der Waals surface area contributed by atoms with Gasteiger partial charge in [-0.25, -0.2) is 0 Å². The number of carbonyl (C=O) groups is 1. The van der Waals surface area contributed by atoms with E-state index in [4.69, 9.17) is 0 Å². The van der Waals surface area contributed by atoms with Gasteiger partial charge in [-0.3, -0.25) is 4.79 Å². The number of nitrogens with zero attached hydrogens (tertiary/aromatic N) is 1. The quantitative estimate of drug-likeness (QED) is 0.657. The first-order valence-corrected chi connectivity index (χ1v) is 6.16. The van der Waals surface area contributed by atoms with Crippen molar-refractivity contribution in [1.82, 2.24) is 10.2 Å². The Hall–Kier alpha value is -0.570. The van der Waals surface area contributed by atoms with Gasteiger partial charge >= 0.3 is 0 Å². The van der Waals surface area contributed by atoms with Crippen LogP contribution in [0.15, 0.2) is 0 Å². The zero-order valence-corrected chi connectivity index (χ0v) is 9.88. The van der Waals surface area contributed by atoms with Crippen LogP contribution in [0.25, 0.3) is 0 Å². The predicted molar refractivity (Wildman–Crippen MR) is 60.7 cm³/mol. The highest BCUT2D eigenvalue weighted by molar-refractivity contribution is 5.74. The van der Waals surface area contributed by atoms with Crippen LogP contribution in [0.5, 0.6) is 0 Å². The summed E-state index contributed by atoms with van der Waals surface area (Å²) in [4.78, 5) is 13.8. The van der Waals surface area contributed by atoms with Crippen molar-refractivity contribution in [1.29, 1.82) is 0 Å². The molecule has 15 heavy (non-hydrogen) atoms. The summed E-state index contributed by atoms with van der Waals surface area (Å²) in [5.41, 5.74) is 0.0756. The molecule has 0 bridgehead atoms. The molecule has 3 heteroatoms. The van der Waals surface area contributed by atoms with E-state index in [0.717, 1.165) is 19.5 Å². The summed E-state index contributed by atoms with van der Waals surface area (Å²) in [5, 5.41) is 3.56. The molecule has 3 nitrogen and oxygen atoms in total. The van der Waals surface area contributed by atoms with Gasteiger partial charge in [-0.2, -0.15) is 0 Å². The maximum absolute atomic E-state index is 11.7. The average molecular weight is 210 g/mol. The third-order valence-corrected chi connectivity index (χ3v) is 4.14. The average Bonchev–Trinajstić information content (AvgIpc) is 2.49. The van der Waals surface area contributed by atoms with E-state index in [1.165, 1.54) is 25.7 Å². The van der Waals surface area contributed by atoms with Gasteiger partial charge in [-0.1, -0.05) is 12.8 Å². The zero-order valence-electron chi connectivity index (χ0n) is 9.88. The lowest BCUT2D eigenvalue weighted by Crippen LogP contribution is -2.56. The molecule has 86 valence electrons. The molecule has 1 amide bonds. The van der Waals surface area contributed by atoms with Crippen molar-refractivity contribution < 1.29 is 4.79 Å². The lowest BCUT2D eigenvalue weighted by molar-refractivity contribution is -0.135. The summed E-state index contributed by atoms with van der Waals surface area (Å²) >= 11 is 0. The smallest absolute Gasteiger partial charge is 0.219 e. The highest BCUT2D eigenvalue weighted by Gasteiger charge is 2.44. The molecule has 2 atom stereocenters. The summed E-state index contributed by atoms with van der Waals surface area (Å²) < 4.78 is 0. The topological polar surface area (TPSA) is 32.3 Å². The summed E-state index contributed by atoms with van der Waals surface area (Å²) in [6.45, 7) is 5.97. The molecule has 0 spiro atoms. The second-order valence-electron chi connectivity index (χ2n) is 5.13. The Bertz CT molecular complexity index is 254. The van der Waals surface area contributed by atoms with Crippen molar-refractivity contribution in [3.8, 4) is 0 Å². The normalized spacial score (nSPS) is 36.9. The summed E-state index contributed by atoms with van der Waals surface area (Å²) in [6.07, 6.45) is 6.07. The van der Waals surface area contributed by atoms with Crippen LogP contribution in [0.1, 0.15) is 46.0 Å². The van der Waals surface area contributed by atoms with Gasteiger partial charge in [0, 0.05) is 19.5 Å². The molecule has 2 heterocycles. The van der Waals surface area contributed by atoms with Crippen LogP contribution in [0, 0.1) is 0 Å². The molecule has 2 fully saturated rings. The number of fused-ring (bicyclic) bond motifs is 1. The Kier molecular flexibility index (Phi) is 3.01. The molecule has 2 aliphatic heterocycles. The number of hydrogen-bond acceptors (Lipinski definition) is 2. The van der Waals surface area contributed by atoms with E-state index in [0.29, 0.717) is 6.04 Å². The number of amides is 1. The lowest BCUT2D eigenvalue weighted by atomic mass is 9.85. The minimum absolute atomic E-state index is 0.0756. The molecule has 2 rings (SSSR count). The van der Waals surface area contributed by atoms with E-state index in [9.17, 15) is 4.79 Å². The maximum Gasteiger partial charge on any atom is 0.219 e. The Morgan fingerprint density at radius 1 is 1.40 bits per heavy atom. The molecule has 0 aromatic heterocycles. The third kappa shape index (κ3) is 1.89. The molecule has 0 unspecified atom stereocenters. The number of nitrogens with one attached hydrogen (secondary N) is 1. The van der Waals surface area contributed by atoms with Crippen molar-refractivity contribution in [2.45, 2.75) is 57.5 Å². The van der Waals surface area contributed by atoms with Gasteiger partial charge in [0.2, 0.25) is 5.91 Å². The van der Waals surface area contributed by atoms with Crippen molar-refractivity contribution >= 4 is 5.91 Å². The van der Waals surface area contributed by atoms with Gasteiger partial charge < -0.3 is 10.2 Å². The molecule has 2 aliphatic rings. The third-order valence-electron chi connectivity index (χ3n) is 4.14. The number of hydrogen-bond donors (Lipinski definition) is 1. The van der Waals surface area contributed by atoms with Crippen LogP contribution < -0.4 is 5.32 Å². The van der Waals surface area contributed by atoms with Gasteiger partial charge in [0.1, 0.15) is 0 Å². The van der Waals surface area contributed by atoms with E-state index < -0.39 is 0 Å². The second-order valence-corrected chi connectivity index (χ2v) is 5.13. The first kappa shape index (κ1) is 10.9. The minimum atomic E-state index is 0.0756. The van der Waals surface area contributed by atoms with Crippen LogP contribution >= 0.6 is 0 Å². The highest BCUT2D eigenvalue weighted by atomic mass is 16.2. The van der Waals surface area contributed by atoms with Crippen molar-refractivity contribution in [2.75, 3.05) is 13.1 Å². The SMILES string of the molecule is CC(=O)N1CCCCC[C@@H]2NCC[C@@]21C. The Morgan fingerprint density at radius 3 is 2.93 bits per heavy atom. The number of likely N-dealkylation sites (tertiary alicyclic amines) is 1. The first-order chi connectivity index (χ1) is 7.14. The van der Waals surface area contributed by atoms with Crippen LogP contribution in [0.2, 0.25) is 0 Å². The molecule has 2 saturated heterocycles. The molecule has 0 radical (unpaired) electrons. The second kappa shape index (κ2) is 4.12. The molecule has 0 aromatic rings. The Labute approximate surface area is 92.2 Å². The van der Waals surface area contributed by atoms with E-state index >= 15 is 0 Å². The highest BCUT2D eigenvalue weighted by Crippen LogP contribution is 2.33. The molecular formula is C12H22N2O. The number of rotatable bonds is 0. The van der Waals surface area contributed by atoms with E-state index in [-0.39, 0.29) is 11.4 Å². The van der Waals surface area contributed by atoms with Crippen LogP contribution in [-0.2, 0) is 4.79 Å². The van der Waals surface area contributed by atoms with Crippen molar-refractivity contribution in [2.24, 2.45) is 0 Å². The van der Waals surface area contributed by atoms with Gasteiger partial charge in [0.25, 0.3) is 0 Å².